The average molecular weight is 539 g/mol. The Balaban J connectivity index is 2.39. The van der Waals surface area contributed by atoms with Gasteiger partial charge in [0.2, 0.25) is 0 Å². The minimum Gasteiger partial charge on any atom is -0.390 e. The van der Waals surface area contributed by atoms with Crippen molar-refractivity contribution in [2.24, 2.45) is 23.7 Å². The molecule has 0 saturated heterocycles. The Hall–Kier alpha value is -0.750. The number of hydrogen-bond donors (Lipinski definition) is 3. The lowest BCUT2D eigenvalue weighted by atomic mass is 9.76. The molecule has 8 atom stereocenters. The molecule has 0 bridgehead atoms. The third-order valence-corrected chi connectivity index (χ3v) is 9.21. The monoisotopic (exact) mass is 538 g/mol. The number of aliphatic hydroxyl groups excluding tert-OH is 1. The third-order valence-electron chi connectivity index (χ3n) is 9.21. The van der Waals surface area contributed by atoms with Gasteiger partial charge in [-0.05, 0) is 108 Å². The van der Waals surface area contributed by atoms with Crippen LogP contribution in [0.2, 0.25) is 0 Å². The van der Waals surface area contributed by atoms with E-state index in [0.717, 1.165) is 70.8 Å². The minimum absolute atomic E-state index is 0.0627. The normalized spacial score (nSPS) is 26.8. The number of carbonyl (C=O) groups is 1. The van der Waals surface area contributed by atoms with E-state index in [1.165, 1.54) is 5.57 Å². The predicted molar refractivity (Wildman–Crippen MR) is 158 cm³/mol. The Morgan fingerprint density at radius 2 is 1.47 bits per heavy atom. The predicted octanol–water partition coefficient (Wildman–Crippen LogP) is 7.40. The van der Waals surface area contributed by atoms with Crippen LogP contribution in [0, 0.1) is 23.7 Å². The first-order valence-electron chi connectivity index (χ1n) is 15.6. The van der Waals surface area contributed by atoms with Crippen molar-refractivity contribution in [3.05, 3.63) is 11.6 Å². The van der Waals surface area contributed by atoms with Crippen LogP contribution in [0.5, 0.6) is 0 Å². The second-order valence-corrected chi connectivity index (χ2v) is 13.4. The van der Waals surface area contributed by atoms with Gasteiger partial charge < -0.3 is 20.1 Å². The number of ether oxygens (including phenoxy) is 1. The summed E-state index contributed by atoms with van der Waals surface area (Å²) in [5.41, 5.74) is -0.185. The van der Waals surface area contributed by atoms with Crippen molar-refractivity contribution in [3.8, 4) is 0 Å². The summed E-state index contributed by atoms with van der Waals surface area (Å²) in [7, 11) is 0. The second-order valence-electron chi connectivity index (χ2n) is 13.4. The average Bonchev–Trinajstić information content (AvgIpc) is 2.82. The molecule has 5 heteroatoms. The lowest BCUT2D eigenvalue weighted by molar-refractivity contribution is -0.120. The SMILES string of the molecule is CCCCOC1C(CCC(C)CCCC(C)(O)CCCC(C)(O)CCCC(C)C(C)=O)=CC(O)C(C)C1C. The summed E-state index contributed by atoms with van der Waals surface area (Å²) in [5, 5.41) is 32.1. The van der Waals surface area contributed by atoms with E-state index in [9.17, 15) is 20.1 Å². The van der Waals surface area contributed by atoms with Gasteiger partial charge in [-0.1, -0.05) is 60.0 Å². The van der Waals surface area contributed by atoms with Crippen LogP contribution in [0.1, 0.15) is 139 Å². The Bertz CT molecular complexity index is 697. The molecule has 0 heterocycles. The maximum atomic E-state index is 11.4. The molecule has 0 aliphatic heterocycles. The van der Waals surface area contributed by atoms with Gasteiger partial charge in [0.05, 0.1) is 23.4 Å². The van der Waals surface area contributed by atoms with E-state index in [1.54, 1.807) is 6.92 Å². The Kier molecular flexibility index (Phi) is 15.9. The van der Waals surface area contributed by atoms with E-state index in [4.69, 9.17) is 4.74 Å². The van der Waals surface area contributed by atoms with Gasteiger partial charge in [0, 0.05) is 12.5 Å². The number of ketones is 1. The zero-order valence-corrected chi connectivity index (χ0v) is 26.1. The van der Waals surface area contributed by atoms with Crippen molar-refractivity contribution >= 4 is 5.78 Å². The molecule has 38 heavy (non-hydrogen) atoms. The lowest BCUT2D eigenvalue weighted by Crippen LogP contribution is -2.39. The number of Topliss-reactive ketones (excluding diaryl/α,β-unsaturated/α-hetero) is 1. The number of carbonyl (C=O) groups excluding carboxylic acids is 1. The summed E-state index contributed by atoms with van der Waals surface area (Å²) >= 11 is 0. The van der Waals surface area contributed by atoms with E-state index in [2.05, 4.69) is 33.8 Å². The molecule has 1 aliphatic rings. The van der Waals surface area contributed by atoms with E-state index in [-0.39, 0.29) is 29.8 Å². The van der Waals surface area contributed by atoms with Gasteiger partial charge in [-0.2, -0.15) is 0 Å². The molecular formula is C33H62O5. The van der Waals surface area contributed by atoms with Crippen LogP contribution in [0.3, 0.4) is 0 Å². The van der Waals surface area contributed by atoms with Crippen LogP contribution in [0.4, 0.5) is 0 Å². The van der Waals surface area contributed by atoms with Gasteiger partial charge in [0.15, 0.2) is 0 Å². The Morgan fingerprint density at radius 1 is 0.921 bits per heavy atom. The quantitative estimate of drug-likeness (QED) is 0.111. The molecule has 0 fully saturated rings. The summed E-state index contributed by atoms with van der Waals surface area (Å²) < 4.78 is 6.28. The summed E-state index contributed by atoms with van der Waals surface area (Å²) in [5.74, 6) is 1.35. The molecule has 5 nitrogen and oxygen atoms in total. The van der Waals surface area contributed by atoms with Crippen molar-refractivity contribution in [2.75, 3.05) is 6.61 Å². The van der Waals surface area contributed by atoms with Crippen molar-refractivity contribution in [3.63, 3.8) is 0 Å². The smallest absolute Gasteiger partial charge is 0.132 e. The number of rotatable bonds is 20. The minimum atomic E-state index is -0.740. The molecule has 3 N–H and O–H groups in total. The first-order chi connectivity index (χ1) is 17.7. The molecular weight excluding hydrogens is 476 g/mol. The first kappa shape index (κ1) is 35.3. The second kappa shape index (κ2) is 17.1. The van der Waals surface area contributed by atoms with Crippen LogP contribution < -0.4 is 0 Å². The molecule has 1 rings (SSSR count). The van der Waals surface area contributed by atoms with Crippen LogP contribution in [-0.4, -0.2) is 51.1 Å². The van der Waals surface area contributed by atoms with Crippen molar-refractivity contribution in [1.29, 1.82) is 0 Å². The standard InChI is InChI=1S/C33H62O5/c1-9-10-22-38-31-27(5)26(4)30(35)23-29(31)17-16-24(2)14-11-18-32(7,36)20-13-21-33(8,37)19-12-15-25(3)28(6)34/h23-27,30-31,35-37H,9-22H2,1-8H3. The summed E-state index contributed by atoms with van der Waals surface area (Å²) in [4.78, 5) is 11.4. The Labute approximate surface area is 234 Å². The highest BCUT2D eigenvalue weighted by Gasteiger charge is 2.34. The molecule has 0 aromatic heterocycles. The fraction of sp³-hybridized carbons (Fsp3) is 0.909. The largest absolute Gasteiger partial charge is 0.390 e. The van der Waals surface area contributed by atoms with Crippen LogP contribution >= 0.6 is 0 Å². The summed E-state index contributed by atoms with van der Waals surface area (Å²) in [6.07, 6.45) is 13.4. The highest BCUT2D eigenvalue weighted by atomic mass is 16.5. The molecule has 0 aromatic rings. The highest BCUT2D eigenvalue weighted by molar-refractivity contribution is 5.77. The van der Waals surface area contributed by atoms with Crippen molar-refractivity contribution in [2.45, 2.75) is 162 Å². The van der Waals surface area contributed by atoms with E-state index in [0.29, 0.717) is 31.1 Å². The molecule has 0 amide bonds. The molecule has 224 valence electrons. The zero-order valence-electron chi connectivity index (χ0n) is 26.1. The molecule has 0 saturated carbocycles. The molecule has 0 spiro atoms. The fourth-order valence-corrected chi connectivity index (χ4v) is 5.71. The number of aliphatic hydroxyl groups is 3. The van der Waals surface area contributed by atoms with Crippen molar-refractivity contribution < 1.29 is 24.9 Å². The maximum Gasteiger partial charge on any atom is 0.132 e. The molecule has 0 aromatic carbocycles. The van der Waals surface area contributed by atoms with E-state index >= 15 is 0 Å². The molecule has 1 aliphatic carbocycles. The van der Waals surface area contributed by atoms with Gasteiger partial charge in [-0.25, -0.2) is 0 Å². The van der Waals surface area contributed by atoms with E-state index in [1.807, 2.05) is 20.8 Å². The van der Waals surface area contributed by atoms with Gasteiger partial charge in [0.25, 0.3) is 0 Å². The van der Waals surface area contributed by atoms with Crippen LogP contribution in [0.15, 0.2) is 11.6 Å². The third kappa shape index (κ3) is 13.5. The van der Waals surface area contributed by atoms with Gasteiger partial charge in [-0.3, -0.25) is 4.79 Å². The van der Waals surface area contributed by atoms with Crippen LogP contribution in [0.25, 0.3) is 0 Å². The first-order valence-corrected chi connectivity index (χ1v) is 15.6. The molecule has 8 unspecified atom stereocenters. The number of unbranched alkanes of at least 4 members (excludes halogenated alkanes) is 1. The Morgan fingerprint density at radius 3 is 2.03 bits per heavy atom. The van der Waals surface area contributed by atoms with E-state index < -0.39 is 11.2 Å². The van der Waals surface area contributed by atoms with Gasteiger partial charge in [0.1, 0.15) is 5.78 Å². The summed E-state index contributed by atoms with van der Waals surface area (Å²) in [6, 6.07) is 0. The molecule has 0 radical (unpaired) electrons. The topological polar surface area (TPSA) is 87.0 Å². The van der Waals surface area contributed by atoms with Gasteiger partial charge >= 0.3 is 0 Å². The fourth-order valence-electron chi connectivity index (χ4n) is 5.71. The van der Waals surface area contributed by atoms with Gasteiger partial charge in [-0.15, -0.1) is 0 Å². The van der Waals surface area contributed by atoms with Crippen molar-refractivity contribution in [1.82, 2.24) is 0 Å². The lowest BCUT2D eigenvalue weighted by Gasteiger charge is -2.38. The number of hydrogen-bond acceptors (Lipinski definition) is 5. The maximum absolute atomic E-state index is 11.4. The summed E-state index contributed by atoms with van der Waals surface area (Å²) in [6.45, 7) is 17.0. The zero-order chi connectivity index (χ0) is 28.9. The van der Waals surface area contributed by atoms with Crippen LogP contribution in [-0.2, 0) is 9.53 Å². The highest BCUT2D eigenvalue weighted by Crippen LogP contribution is 2.35.